The zero-order valence-corrected chi connectivity index (χ0v) is 22.4. The van der Waals surface area contributed by atoms with Gasteiger partial charge in [-0.3, -0.25) is 9.59 Å². The zero-order valence-electron chi connectivity index (χ0n) is 20.0. The van der Waals surface area contributed by atoms with Crippen LogP contribution in [0.15, 0.2) is 24.3 Å². The summed E-state index contributed by atoms with van der Waals surface area (Å²) >= 11 is 9.22. The second kappa shape index (κ2) is 8.52. The fourth-order valence-corrected chi connectivity index (χ4v) is 8.55. The minimum atomic E-state index is -1.49. The summed E-state index contributed by atoms with van der Waals surface area (Å²) in [6.07, 6.45) is -1.49. The van der Waals surface area contributed by atoms with E-state index in [0.717, 1.165) is 0 Å². The van der Waals surface area contributed by atoms with Crippen LogP contribution in [0.1, 0.15) is 39.5 Å². The zero-order chi connectivity index (χ0) is 26.3. The molecule has 4 fully saturated rings. The van der Waals surface area contributed by atoms with Crippen molar-refractivity contribution in [3.8, 4) is 0 Å². The number of amides is 2. The van der Waals surface area contributed by atoms with Crippen molar-refractivity contribution >= 4 is 58.9 Å². The molecule has 4 heterocycles. The summed E-state index contributed by atoms with van der Waals surface area (Å²) in [5.41, 5.74) is 12.1. The van der Waals surface area contributed by atoms with E-state index in [4.69, 9.17) is 32.5 Å². The van der Waals surface area contributed by atoms with E-state index in [1.165, 1.54) is 33.3 Å². The van der Waals surface area contributed by atoms with Gasteiger partial charge in [-0.2, -0.15) is 0 Å². The summed E-state index contributed by atoms with van der Waals surface area (Å²) in [5, 5.41) is -0.439. The Morgan fingerprint density at radius 1 is 0.889 bits per heavy atom. The summed E-state index contributed by atoms with van der Waals surface area (Å²) in [6, 6.07) is 3.30. The molecular weight excluding hydrogens is 528 g/mol. The van der Waals surface area contributed by atoms with E-state index in [1.807, 2.05) is 27.7 Å². The number of rotatable bonds is 5. The monoisotopic (exact) mass is 554 g/mol. The Morgan fingerprint density at radius 3 is 1.72 bits per heavy atom. The van der Waals surface area contributed by atoms with E-state index in [0.29, 0.717) is 0 Å². The number of carbonyl (C=O) groups excluding carboxylic acids is 4. The average Bonchev–Trinajstić information content (AvgIpc) is 3.23. The standard InChI is InChI=1S/C23H27ClN4O6S2/c1-22(2)13(27-15(29)11(25)17(27)35-22)19(31)33-21(9-7-5-6-8-10(9)24)34-20(32)14-23(3,4)36-18-12(26)16(30)28(14)18/h5-8,11-14,17-18,21H,25-26H2,1-4H3/t11-,12-,13+,14+,17-,18-/m1/s1. The lowest BCUT2D eigenvalue weighted by Gasteiger charge is -2.42. The van der Waals surface area contributed by atoms with Crippen LogP contribution in [0.3, 0.4) is 0 Å². The topological polar surface area (TPSA) is 145 Å². The normalized spacial score (nSPS) is 33.6. The van der Waals surface area contributed by atoms with E-state index in [-0.39, 0.29) is 33.1 Å². The number of carbonyl (C=O) groups is 4. The first-order valence-electron chi connectivity index (χ1n) is 11.4. The van der Waals surface area contributed by atoms with Gasteiger partial charge < -0.3 is 30.7 Å². The van der Waals surface area contributed by atoms with E-state index < -0.39 is 51.9 Å². The van der Waals surface area contributed by atoms with E-state index in [2.05, 4.69) is 0 Å². The highest BCUT2D eigenvalue weighted by Gasteiger charge is 2.65. The highest BCUT2D eigenvalue weighted by molar-refractivity contribution is 8.02. The van der Waals surface area contributed by atoms with E-state index >= 15 is 0 Å². The molecular formula is C23H27ClN4O6S2. The molecule has 0 radical (unpaired) electrons. The predicted octanol–water partition coefficient (Wildman–Crippen LogP) is 1.20. The Morgan fingerprint density at radius 2 is 1.31 bits per heavy atom. The van der Waals surface area contributed by atoms with Crippen molar-refractivity contribution in [1.82, 2.24) is 9.80 Å². The maximum absolute atomic E-state index is 13.5. The highest BCUT2D eigenvalue weighted by Crippen LogP contribution is 2.52. The number of benzene rings is 1. The first-order chi connectivity index (χ1) is 16.8. The molecule has 4 N–H and O–H groups in total. The molecule has 0 aromatic heterocycles. The van der Waals surface area contributed by atoms with Gasteiger partial charge in [-0.25, -0.2) is 9.59 Å². The van der Waals surface area contributed by atoms with Gasteiger partial charge in [-0.15, -0.1) is 23.5 Å². The fraction of sp³-hybridized carbons (Fsp3) is 0.565. The molecule has 4 saturated heterocycles. The molecule has 4 aliphatic rings. The Kier molecular flexibility index (Phi) is 6.07. The maximum Gasteiger partial charge on any atom is 0.333 e. The van der Waals surface area contributed by atoms with Crippen molar-refractivity contribution in [3.05, 3.63) is 34.9 Å². The summed E-state index contributed by atoms with van der Waals surface area (Å²) in [7, 11) is 0. The van der Waals surface area contributed by atoms with Gasteiger partial charge in [-0.1, -0.05) is 29.8 Å². The summed E-state index contributed by atoms with van der Waals surface area (Å²) in [5.74, 6) is -2.16. The lowest BCUT2D eigenvalue weighted by atomic mass is 9.96. The number of fused-ring (bicyclic) bond motifs is 2. The SMILES string of the molecule is CC1(C)S[C@@H]2[C@H](N)C(=O)N2[C@H]1C(=O)OC(OC(=O)[C@@H]1N2C(=O)[C@@H](N)[C@H]2SC1(C)C)c1ccccc1Cl. The van der Waals surface area contributed by atoms with Gasteiger partial charge in [0, 0.05) is 9.49 Å². The summed E-state index contributed by atoms with van der Waals surface area (Å²) in [6.45, 7) is 7.32. The largest absolute Gasteiger partial charge is 0.419 e. The number of thioether (sulfide) groups is 2. The molecule has 0 spiro atoms. The van der Waals surface area contributed by atoms with Crippen LogP contribution in [0, 0.1) is 0 Å². The molecule has 1 aromatic rings. The minimum Gasteiger partial charge on any atom is -0.419 e. The summed E-state index contributed by atoms with van der Waals surface area (Å²) in [4.78, 5) is 54.6. The number of halogens is 1. The van der Waals surface area contributed by atoms with Crippen molar-refractivity contribution in [1.29, 1.82) is 0 Å². The van der Waals surface area contributed by atoms with Crippen LogP contribution in [0.5, 0.6) is 0 Å². The number of hydrogen-bond acceptors (Lipinski definition) is 10. The second-order valence-electron chi connectivity index (χ2n) is 10.3. The molecule has 2 amide bonds. The van der Waals surface area contributed by atoms with Gasteiger partial charge in [0.05, 0.1) is 10.6 Å². The highest BCUT2D eigenvalue weighted by atomic mass is 35.5. The lowest BCUT2D eigenvalue weighted by Crippen LogP contribution is -2.69. The number of β-lactam (4-membered cyclic amide) rings is 2. The molecule has 0 bridgehead atoms. The van der Waals surface area contributed by atoms with Gasteiger partial charge in [0.25, 0.3) is 6.29 Å². The van der Waals surface area contributed by atoms with Crippen LogP contribution in [-0.4, -0.2) is 78.0 Å². The fourth-order valence-electron chi connectivity index (χ4n) is 5.20. The third-order valence-electron chi connectivity index (χ3n) is 7.02. The Bertz CT molecular complexity index is 1100. The number of hydrogen-bond donors (Lipinski definition) is 2. The van der Waals surface area contributed by atoms with Crippen molar-refractivity contribution in [3.63, 3.8) is 0 Å². The van der Waals surface area contributed by atoms with Gasteiger partial charge in [0.15, 0.2) is 0 Å². The maximum atomic E-state index is 13.5. The van der Waals surface area contributed by atoms with Crippen LogP contribution in [0.2, 0.25) is 5.02 Å². The molecule has 13 heteroatoms. The van der Waals surface area contributed by atoms with Crippen LogP contribution in [0.25, 0.3) is 0 Å². The third kappa shape index (κ3) is 3.72. The minimum absolute atomic E-state index is 0.225. The number of nitrogens with two attached hydrogens (primary N) is 2. The molecule has 6 atom stereocenters. The molecule has 194 valence electrons. The Hall–Kier alpha value is -1.99. The van der Waals surface area contributed by atoms with Gasteiger partial charge in [0.1, 0.15) is 34.9 Å². The van der Waals surface area contributed by atoms with E-state index in [1.54, 1.807) is 24.3 Å². The number of esters is 2. The third-order valence-corrected chi connectivity index (χ3v) is 10.5. The quantitative estimate of drug-likeness (QED) is 0.309. The van der Waals surface area contributed by atoms with Crippen LogP contribution >= 0.6 is 35.1 Å². The molecule has 5 rings (SSSR count). The molecule has 1 aromatic carbocycles. The number of ether oxygens (including phenoxy) is 2. The first kappa shape index (κ1) is 25.7. The van der Waals surface area contributed by atoms with Crippen molar-refractivity contribution < 1.29 is 28.7 Å². The molecule has 10 nitrogen and oxygen atoms in total. The molecule has 0 aliphatic carbocycles. The molecule has 0 unspecified atom stereocenters. The van der Waals surface area contributed by atoms with Crippen LogP contribution < -0.4 is 11.5 Å². The van der Waals surface area contributed by atoms with Crippen molar-refractivity contribution in [2.24, 2.45) is 11.5 Å². The molecule has 4 aliphatic heterocycles. The van der Waals surface area contributed by atoms with Gasteiger partial charge >= 0.3 is 11.9 Å². The average molecular weight is 555 g/mol. The summed E-state index contributed by atoms with van der Waals surface area (Å²) < 4.78 is 10.1. The second-order valence-corrected chi connectivity index (χ2v) is 14.2. The van der Waals surface area contributed by atoms with E-state index in [9.17, 15) is 19.2 Å². The number of nitrogens with zero attached hydrogens (tertiary/aromatic N) is 2. The lowest BCUT2D eigenvalue weighted by molar-refractivity contribution is -0.201. The molecule has 0 saturated carbocycles. The van der Waals surface area contributed by atoms with Crippen LogP contribution in [0.4, 0.5) is 0 Å². The van der Waals surface area contributed by atoms with Crippen molar-refractivity contribution in [2.45, 2.75) is 78.4 Å². The molecule has 36 heavy (non-hydrogen) atoms. The first-order valence-corrected chi connectivity index (χ1v) is 13.6. The smallest absolute Gasteiger partial charge is 0.333 e. The Balaban J connectivity index is 1.41. The predicted molar refractivity (Wildman–Crippen MR) is 135 cm³/mol. The Labute approximate surface area is 221 Å². The van der Waals surface area contributed by atoms with Crippen LogP contribution in [-0.2, 0) is 28.7 Å². The van der Waals surface area contributed by atoms with Gasteiger partial charge in [-0.05, 0) is 33.8 Å². The van der Waals surface area contributed by atoms with Gasteiger partial charge in [0.2, 0.25) is 11.8 Å². The van der Waals surface area contributed by atoms with Crippen molar-refractivity contribution in [2.75, 3.05) is 0 Å².